The molecule has 0 rings (SSSR count). The van der Waals surface area contributed by atoms with Gasteiger partial charge in [-0.1, -0.05) is 13.8 Å². The van der Waals surface area contributed by atoms with Crippen molar-refractivity contribution >= 4 is 101 Å². The van der Waals surface area contributed by atoms with Crippen molar-refractivity contribution < 1.29 is 92.3 Å². The van der Waals surface area contributed by atoms with Gasteiger partial charge in [-0.25, -0.2) is 9.59 Å². The molecule has 0 aromatic rings. The standard InChI is InChI=1S/C44H73N13O19S/c1-20(2)18-28(56-36(67)22(45)15-17-77-4)42(73)55-24(7-11-30(46)58)39(70)52-23(6-5-16-49-44(48)76)38(69)54-27(10-14-34(64)65)40(71)53-25(8-12-32(60)61)37(68)50-21(3)35(66)51-26(9-13-33(62)63)41(72)57-29(43(74)75)19-31(47)59/h20-29H,5-19,45H2,1-4H3,(H2,46,58)(H2,47,59)(H,50,68)(H,51,66)(H,52,70)(H,53,71)(H,54,69)(H,55,73)(H,56,67)(H,57,72)(H,60,61)(H,62,63)(H,64,65)(H,74,75)(H3,48,49,76)/t21-,22-,23-,24-,25-,26-,27-,28-,29-/m0/s1. The molecule has 0 aliphatic carbocycles. The fourth-order valence-electron chi connectivity index (χ4n) is 6.75. The second-order valence-electron chi connectivity index (χ2n) is 17.9. The number of primary amides is 3. The predicted molar refractivity (Wildman–Crippen MR) is 269 cm³/mol. The van der Waals surface area contributed by atoms with Crippen LogP contribution in [-0.2, 0) is 67.1 Å². The normalized spacial score (nSPS) is 14.4. The first-order valence-corrected chi connectivity index (χ1v) is 25.4. The molecule has 33 heteroatoms. The molecule has 0 aromatic carbocycles. The molecule has 434 valence electrons. The topological polar surface area (TPSA) is 549 Å². The van der Waals surface area contributed by atoms with Gasteiger partial charge < -0.3 is 91.2 Å². The van der Waals surface area contributed by atoms with E-state index in [9.17, 15) is 92.3 Å². The highest BCUT2D eigenvalue weighted by molar-refractivity contribution is 7.98. The molecular weight excluding hydrogens is 1050 g/mol. The first kappa shape index (κ1) is 69.2. The summed E-state index contributed by atoms with van der Waals surface area (Å²) in [6.45, 7) is 4.37. The highest BCUT2D eigenvalue weighted by Gasteiger charge is 2.35. The van der Waals surface area contributed by atoms with E-state index in [1.807, 2.05) is 11.6 Å². The molecule has 0 aromatic heterocycles. The lowest BCUT2D eigenvalue weighted by atomic mass is 10.0. The zero-order valence-electron chi connectivity index (χ0n) is 43.0. The number of carboxylic acid groups (broad SMARTS) is 4. The second-order valence-corrected chi connectivity index (χ2v) is 18.9. The lowest BCUT2D eigenvalue weighted by Gasteiger charge is -2.28. The van der Waals surface area contributed by atoms with Crippen LogP contribution in [0.4, 0.5) is 4.79 Å². The number of hydrogen-bond donors (Lipinski definition) is 17. The average molecular weight is 1120 g/mol. The summed E-state index contributed by atoms with van der Waals surface area (Å²) in [6.07, 6.45) is -4.50. The zero-order valence-corrected chi connectivity index (χ0v) is 43.8. The van der Waals surface area contributed by atoms with Crippen molar-refractivity contribution in [2.24, 2.45) is 28.9 Å². The molecule has 21 N–H and O–H groups in total. The Bertz CT molecular complexity index is 2130. The summed E-state index contributed by atoms with van der Waals surface area (Å²) in [7, 11) is 0. The summed E-state index contributed by atoms with van der Waals surface area (Å²) in [5.41, 5.74) is 21.5. The van der Waals surface area contributed by atoms with E-state index in [2.05, 4.69) is 42.5 Å². The maximum atomic E-state index is 14.1. The fourth-order valence-corrected chi connectivity index (χ4v) is 7.24. The van der Waals surface area contributed by atoms with Gasteiger partial charge in [-0.2, -0.15) is 11.8 Å². The number of carboxylic acids is 4. The Labute approximate surface area is 445 Å². The Hall–Kier alpha value is -7.84. The molecule has 0 saturated heterocycles. The van der Waals surface area contributed by atoms with Gasteiger partial charge in [-0.15, -0.1) is 0 Å². The Balaban J connectivity index is 6.86. The molecule has 32 nitrogen and oxygen atoms in total. The third-order valence-electron chi connectivity index (χ3n) is 10.8. The van der Waals surface area contributed by atoms with E-state index in [0.29, 0.717) is 5.75 Å². The summed E-state index contributed by atoms with van der Waals surface area (Å²) >= 11 is 1.44. The van der Waals surface area contributed by atoms with E-state index in [-0.39, 0.29) is 38.1 Å². The monoisotopic (exact) mass is 1120 g/mol. The maximum Gasteiger partial charge on any atom is 0.326 e. The van der Waals surface area contributed by atoms with Crippen molar-refractivity contribution in [3.8, 4) is 0 Å². The van der Waals surface area contributed by atoms with Crippen molar-refractivity contribution in [2.75, 3.05) is 18.6 Å². The average Bonchev–Trinajstić information content (AvgIpc) is 3.32. The van der Waals surface area contributed by atoms with Crippen molar-refractivity contribution in [1.29, 1.82) is 0 Å². The minimum Gasteiger partial charge on any atom is -0.481 e. The minimum atomic E-state index is -1.89. The van der Waals surface area contributed by atoms with Crippen LogP contribution in [-0.4, -0.2) is 182 Å². The van der Waals surface area contributed by atoms with E-state index in [4.69, 9.17) is 22.9 Å². The van der Waals surface area contributed by atoms with Crippen LogP contribution in [0, 0.1) is 5.92 Å². The van der Waals surface area contributed by atoms with Gasteiger partial charge in [0.1, 0.15) is 48.3 Å². The minimum absolute atomic E-state index is 0.0677. The first-order chi connectivity index (χ1) is 35.9. The van der Waals surface area contributed by atoms with Gasteiger partial charge in [-0.3, -0.25) is 62.3 Å². The van der Waals surface area contributed by atoms with Crippen LogP contribution < -0.4 is 70.8 Å². The van der Waals surface area contributed by atoms with Crippen molar-refractivity contribution in [2.45, 2.75) is 159 Å². The number of carbonyl (C=O) groups excluding carboxylic acids is 11. The number of nitrogens with one attached hydrogen (secondary N) is 9. The van der Waals surface area contributed by atoms with E-state index >= 15 is 0 Å². The van der Waals surface area contributed by atoms with Gasteiger partial charge in [0, 0.05) is 32.2 Å². The van der Waals surface area contributed by atoms with Crippen LogP contribution in [0.5, 0.6) is 0 Å². The van der Waals surface area contributed by atoms with Crippen LogP contribution in [0.15, 0.2) is 0 Å². The van der Waals surface area contributed by atoms with Crippen LogP contribution in [0.1, 0.15) is 104 Å². The first-order valence-electron chi connectivity index (χ1n) is 24.0. The quantitative estimate of drug-likeness (QED) is 0.0254. The van der Waals surface area contributed by atoms with Gasteiger partial charge >= 0.3 is 29.9 Å². The number of rotatable bonds is 40. The molecule has 0 aliphatic rings. The van der Waals surface area contributed by atoms with Crippen LogP contribution in [0.3, 0.4) is 0 Å². The largest absolute Gasteiger partial charge is 0.481 e. The fraction of sp³-hybridized carbons (Fsp3) is 0.659. The van der Waals surface area contributed by atoms with E-state index in [0.717, 1.165) is 6.92 Å². The molecule has 0 aliphatic heterocycles. The summed E-state index contributed by atoms with van der Waals surface area (Å²) in [5, 5.41) is 58.0. The highest BCUT2D eigenvalue weighted by atomic mass is 32.2. The number of hydrogen-bond acceptors (Lipinski definition) is 17. The van der Waals surface area contributed by atoms with Gasteiger partial charge in [0.2, 0.25) is 59.1 Å². The van der Waals surface area contributed by atoms with E-state index in [1.165, 1.54) is 11.8 Å². The van der Waals surface area contributed by atoms with Crippen molar-refractivity contribution in [3.05, 3.63) is 0 Å². The molecule has 0 spiro atoms. The molecule has 12 amide bonds. The molecule has 77 heavy (non-hydrogen) atoms. The van der Waals surface area contributed by atoms with Crippen LogP contribution in [0.25, 0.3) is 0 Å². The molecule has 0 unspecified atom stereocenters. The van der Waals surface area contributed by atoms with Gasteiger partial charge in [0.05, 0.1) is 12.5 Å². The summed E-state index contributed by atoms with van der Waals surface area (Å²) in [4.78, 5) is 189. The Morgan fingerprint density at radius 1 is 0.442 bits per heavy atom. The Morgan fingerprint density at radius 3 is 1.17 bits per heavy atom. The van der Waals surface area contributed by atoms with Gasteiger partial charge in [-0.05, 0) is 76.2 Å². The number of amides is 12. The number of nitrogens with two attached hydrogens (primary N) is 4. The summed E-state index contributed by atoms with van der Waals surface area (Å²) in [6, 6.07) is -15.6. The van der Waals surface area contributed by atoms with Gasteiger partial charge in [0.25, 0.3) is 0 Å². The smallest absolute Gasteiger partial charge is 0.326 e. The van der Waals surface area contributed by atoms with E-state index < -0.39 is 201 Å². The molecule has 0 heterocycles. The predicted octanol–water partition coefficient (Wildman–Crippen LogP) is -5.72. The highest BCUT2D eigenvalue weighted by Crippen LogP contribution is 2.11. The lowest BCUT2D eigenvalue weighted by molar-refractivity contribution is -0.144. The second kappa shape index (κ2) is 36.2. The maximum absolute atomic E-state index is 14.1. The molecule has 0 saturated carbocycles. The molecule has 0 fully saturated rings. The van der Waals surface area contributed by atoms with E-state index in [1.54, 1.807) is 13.8 Å². The summed E-state index contributed by atoms with van der Waals surface area (Å²) < 4.78 is 0. The third-order valence-corrected chi connectivity index (χ3v) is 11.5. The molecular formula is C44H73N13O19S. The SMILES string of the molecule is CSCC[C@H](N)C(=O)N[C@@H](CC(C)C)C(=O)N[C@@H](CCC(N)=O)C(=O)N[C@@H](CCCNC(N)=O)C(=O)N[C@@H](CCC(=O)O)C(=O)N[C@@H](CCC(=O)O)C(=O)N[C@@H](C)C(=O)N[C@@H](CCC(=O)O)C(=O)N[C@@H](CC(N)=O)C(=O)O. The number of carbonyl (C=O) groups is 15. The number of urea groups is 1. The third kappa shape index (κ3) is 30.3. The molecule has 0 radical (unpaired) electrons. The van der Waals surface area contributed by atoms with Crippen LogP contribution in [0.2, 0.25) is 0 Å². The summed E-state index contributed by atoms with van der Waals surface area (Å²) in [5.74, 6) is -16.6. The number of thioether (sulfide) groups is 1. The lowest BCUT2D eigenvalue weighted by Crippen LogP contribution is -2.60. The Morgan fingerprint density at radius 2 is 0.805 bits per heavy atom. The van der Waals surface area contributed by atoms with Crippen molar-refractivity contribution in [1.82, 2.24) is 47.9 Å². The van der Waals surface area contributed by atoms with Crippen molar-refractivity contribution in [3.63, 3.8) is 0 Å². The number of aliphatic carboxylic acids is 4. The zero-order chi connectivity index (χ0) is 59.1. The molecule has 0 bridgehead atoms. The van der Waals surface area contributed by atoms with Crippen LogP contribution >= 0.6 is 11.8 Å². The molecule has 9 atom stereocenters. The van der Waals surface area contributed by atoms with Gasteiger partial charge in [0.15, 0.2) is 0 Å². The Kier molecular flexibility index (Phi) is 32.5.